The number of rotatable bonds is 2. The van der Waals surface area contributed by atoms with Crippen molar-refractivity contribution in [2.24, 2.45) is 0 Å². The van der Waals surface area contributed by atoms with E-state index in [2.05, 4.69) is 22.0 Å². The van der Waals surface area contributed by atoms with Crippen molar-refractivity contribution in [1.29, 1.82) is 0 Å². The molecule has 0 radical (unpaired) electrons. The summed E-state index contributed by atoms with van der Waals surface area (Å²) in [6.45, 7) is 2.71. The summed E-state index contributed by atoms with van der Waals surface area (Å²) in [6.07, 6.45) is 0.276. The Morgan fingerprint density at radius 3 is 2.74 bits per heavy atom. The average Bonchev–Trinajstić information content (AvgIpc) is 2.89. The normalized spacial score (nSPS) is 14.9. The number of ether oxygens (including phenoxy) is 1. The van der Waals surface area contributed by atoms with E-state index < -0.39 is 6.10 Å². The van der Waals surface area contributed by atoms with Crippen LogP contribution in [0, 0.1) is 6.92 Å². The fourth-order valence-corrected chi connectivity index (χ4v) is 2.93. The quantitative estimate of drug-likeness (QED) is 0.913. The van der Waals surface area contributed by atoms with Gasteiger partial charge in [-0.1, -0.05) is 46.3 Å². The molecule has 0 fully saturated rings. The summed E-state index contributed by atoms with van der Waals surface area (Å²) in [5.41, 5.74) is 4.02. The van der Waals surface area contributed by atoms with Gasteiger partial charge in [0.2, 0.25) is 0 Å². The van der Waals surface area contributed by atoms with Crippen LogP contribution in [0.2, 0.25) is 0 Å². The zero-order valence-electron chi connectivity index (χ0n) is 10.7. The Morgan fingerprint density at radius 2 is 1.89 bits per heavy atom. The minimum absolute atomic E-state index is 0.648. The van der Waals surface area contributed by atoms with Gasteiger partial charge in [0, 0.05) is 16.5 Å². The molecule has 3 rings (SSSR count). The summed E-state index contributed by atoms with van der Waals surface area (Å²) in [5, 5.41) is 10.7. The maximum absolute atomic E-state index is 10.7. The van der Waals surface area contributed by atoms with Gasteiger partial charge in [0.05, 0.1) is 6.61 Å². The molecule has 0 saturated carbocycles. The molecular formula is C16H15BrO2. The van der Waals surface area contributed by atoms with Crippen molar-refractivity contribution in [3.05, 3.63) is 63.1 Å². The zero-order chi connectivity index (χ0) is 13.4. The minimum Gasteiger partial charge on any atom is -0.493 e. The number of para-hydroxylation sites is 1. The minimum atomic E-state index is -0.648. The molecular weight excluding hydrogens is 304 g/mol. The first-order valence-electron chi connectivity index (χ1n) is 6.36. The standard InChI is InChI=1S/C16H15BrO2/c1-10-12(5-3-7-14(10)17)15(18)13-6-2-4-11-8-9-19-16(11)13/h2-7,15,18H,8-9H2,1H3. The Morgan fingerprint density at radius 1 is 1.16 bits per heavy atom. The molecule has 0 aromatic heterocycles. The lowest BCUT2D eigenvalue weighted by Crippen LogP contribution is -2.04. The van der Waals surface area contributed by atoms with E-state index in [4.69, 9.17) is 4.74 Å². The first kappa shape index (κ1) is 12.7. The molecule has 2 aromatic rings. The molecule has 0 spiro atoms. The molecule has 98 valence electrons. The maximum Gasteiger partial charge on any atom is 0.128 e. The van der Waals surface area contributed by atoms with Crippen LogP contribution in [-0.2, 0) is 6.42 Å². The molecule has 0 saturated heterocycles. The highest BCUT2D eigenvalue weighted by Gasteiger charge is 2.23. The van der Waals surface area contributed by atoms with Crippen molar-refractivity contribution in [2.45, 2.75) is 19.4 Å². The van der Waals surface area contributed by atoms with Crippen LogP contribution >= 0.6 is 15.9 Å². The summed E-state index contributed by atoms with van der Waals surface area (Å²) in [4.78, 5) is 0. The third-order valence-electron chi connectivity index (χ3n) is 3.64. The molecule has 19 heavy (non-hydrogen) atoms. The number of aliphatic hydroxyl groups is 1. The van der Waals surface area contributed by atoms with Crippen LogP contribution in [0.5, 0.6) is 5.75 Å². The summed E-state index contributed by atoms with van der Waals surface area (Å²) < 4.78 is 6.68. The molecule has 2 aromatic carbocycles. The Balaban J connectivity index is 2.08. The molecule has 1 aliphatic rings. The smallest absolute Gasteiger partial charge is 0.128 e. The van der Waals surface area contributed by atoms with Crippen molar-refractivity contribution in [3.63, 3.8) is 0 Å². The van der Waals surface area contributed by atoms with Gasteiger partial charge in [-0.05, 0) is 29.7 Å². The number of hydrogen-bond donors (Lipinski definition) is 1. The second-order valence-electron chi connectivity index (χ2n) is 4.79. The van der Waals surface area contributed by atoms with Crippen molar-refractivity contribution < 1.29 is 9.84 Å². The maximum atomic E-state index is 10.7. The van der Waals surface area contributed by atoms with Crippen molar-refractivity contribution in [1.82, 2.24) is 0 Å². The van der Waals surface area contributed by atoms with Crippen LogP contribution in [0.4, 0.5) is 0 Å². The van der Waals surface area contributed by atoms with Gasteiger partial charge in [-0.2, -0.15) is 0 Å². The molecule has 0 amide bonds. The van der Waals surface area contributed by atoms with Gasteiger partial charge in [-0.15, -0.1) is 0 Å². The Hall–Kier alpha value is -1.32. The van der Waals surface area contributed by atoms with E-state index in [0.29, 0.717) is 6.61 Å². The van der Waals surface area contributed by atoms with E-state index >= 15 is 0 Å². The average molecular weight is 319 g/mol. The molecule has 1 atom stereocenters. The Bertz CT molecular complexity index is 622. The molecule has 2 nitrogen and oxygen atoms in total. The lowest BCUT2D eigenvalue weighted by atomic mass is 9.95. The van der Waals surface area contributed by atoms with E-state index in [9.17, 15) is 5.11 Å². The van der Waals surface area contributed by atoms with Crippen LogP contribution in [0.25, 0.3) is 0 Å². The van der Waals surface area contributed by atoms with E-state index in [0.717, 1.165) is 33.3 Å². The number of aliphatic hydroxyl groups excluding tert-OH is 1. The molecule has 1 unspecified atom stereocenters. The SMILES string of the molecule is Cc1c(Br)cccc1C(O)c1cccc2c1OCC2. The van der Waals surface area contributed by atoms with Crippen molar-refractivity contribution >= 4 is 15.9 Å². The molecule has 1 aliphatic heterocycles. The van der Waals surface area contributed by atoms with Crippen LogP contribution in [0.15, 0.2) is 40.9 Å². The Kier molecular flexibility index (Phi) is 3.33. The van der Waals surface area contributed by atoms with E-state index in [1.807, 2.05) is 37.3 Å². The topological polar surface area (TPSA) is 29.5 Å². The second-order valence-corrected chi connectivity index (χ2v) is 5.64. The van der Waals surface area contributed by atoms with E-state index in [1.54, 1.807) is 0 Å². The summed E-state index contributed by atoms with van der Waals surface area (Å²) in [5.74, 6) is 0.856. The highest BCUT2D eigenvalue weighted by Crippen LogP contribution is 2.37. The van der Waals surface area contributed by atoms with Gasteiger partial charge in [-0.25, -0.2) is 0 Å². The lowest BCUT2D eigenvalue weighted by molar-refractivity contribution is 0.213. The fourth-order valence-electron chi connectivity index (χ4n) is 2.54. The summed E-state index contributed by atoms with van der Waals surface area (Å²) in [7, 11) is 0. The van der Waals surface area contributed by atoms with Crippen LogP contribution < -0.4 is 4.74 Å². The second kappa shape index (κ2) is 4.99. The van der Waals surface area contributed by atoms with Crippen molar-refractivity contribution in [3.8, 4) is 5.75 Å². The van der Waals surface area contributed by atoms with Crippen LogP contribution in [0.1, 0.15) is 28.4 Å². The third-order valence-corrected chi connectivity index (χ3v) is 4.50. The van der Waals surface area contributed by atoms with Gasteiger partial charge in [-0.3, -0.25) is 0 Å². The van der Waals surface area contributed by atoms with E-state index in [1.165, 1.54) is 5.56 Å². The first-order valence-corrected chi connectivity index (χ1v) is 7.15. The molecule has 0 aliphatic carbocycles. The van der Waals surface area contributed by atoms with Gasteiger partial charge in [0.25, 0.3) is 0 Å². The number of benzene rings is 2. The largest absolute Gasteiger partial charge is 0.493 e. The highest BCUT2D eigenvalue weighted by atomic mass is 79.9. The third kappa shape index (κ3) is 2.17. The molecule has 1 N–H and O–H groups in total. The molecule has 0 bridgehead atoms. The summed E-state index contributed by atoms with van der Waals surface area (Å²) >= 11 is 3.51. The summed E-state index contributed by atoms with van der Waals surface area (Å²) in [6, 6.07) is 11.9. The first-order chi connectivity index (χ1) is 9.18. The van der Waals surface area contributed by atoms with Crippen LogP contribution in [-0.4, -0.2) is 11.7 Å². The molecule has 1 heterocycles. The number of fused-ring (bicyclic) bond motifs is 1. The van der Waals surface area contributed by atoms with E-state index in [-0.39, 0.29) is 0 Å². The van der Waals surface area contributed by atoms with Gasteiger partial charge in [0.15, 0.2) is 0 Å². The zero-order valence-corrected chi connectivity index (χ0v) is 12.3. The number of hydrogen-bond acceptors (Lipinski definition) is 2. The number of halogens is 1. The molecule has 3 heteroatoms. The van der Waals surface area contributed by atoms with Gasteiger partial charge < -0.3 is 9.84 Å². The van der Waals surface area contributed by atoms with Crippen LogP contribution in [0.3, 0.4) is 0 Å². The van der Waals surface area contributed by atoms with Crippen molar-refractivity contribution in [2.75, 3.05) is 6.61 Å². The highest BCUT2D eigenvalue weighted by molar-refractivity contribution is 9.10. The Labute approximate surface area is 121 Å². The lowest BCUT2D eigenvalue weighted by Gasteiger charge is -2.17. The fraction of sp³-hybridized carbons (Fsp3) is 0.250. The van der Waals surface area contributed by atoms with Gasteiger partial charge in [0.1, 0.15) is 11.9 Å². The monoisotopic (exact) mass is 318 g/mol. The predicted octanol–water partition coefficient (Wildman–Crippen LogP) is 3.77. The predicted molar refractivity (Wildman–Crippen MR) is 78.6 cm³/mol. The van der Waals surface area contributed by atoms with Gasteiger partial charge >= 0.3 is 0 Å².